The van der Waals surface area contributed by atoms with Gasteiger partial charge in [-0.1, -0.05) is 23.7 Å². The Morgan fingerprint density at radius 2 is 2.18 bits per heavy atom. The second kappa shape index (κ2) is 3.98. The van der Waals surface area contributed by atoms with E-state index in [1.165, 1.54) is 0 Å². The average molecular weight is 191 g/mol. The molecule has 0 atom stereocenters. The Bertz CT molecular complexity index is 250. The molecule has 0 saturated heterocycles. The largest absolute Gasteiger partial charge is 0.205 e. The number of halogens is 2. The number of rotatable bonds is 2. The van der Waals surface area contributed by atoms with E-state index in [-0.39, 0.29) is 10.8 Å². The molecular weight excluding hydrogens is 183 g/mol. The number of thiol groups is 1. The Morgan fingerprint density at radius 1 is 1.45 bits per heavy atom. The zero-order valence-electron chi connectivity index (χ0n) is 5.85. The highest BCUT2D eigenvalue weighted by Gasteiger charge is 2.03. The molecule has 0 aromatic heterocycles. The van der Waals surface area contributed by atoms with E-state index in [4.69, 9.17) is 11.6 Å². The van der Waals surface area contributed by atoms with Crippen LogP contribution in [0.4, 0.5) is 4.39 Å². The summed E-state index contributed by atoms with van der Waals surface area (Å²) in [7, 11) is 0. The van der Waals surface area contributed by atoms with Crippen LogP contribution in [0.3, 0.4) is 0 Å². The fourth-order valence-corrected chi connectivity index (χ4v) is 1.30. The van der Waals surface area contributed by atoms with E-state index in [1.807, 2.05) is 0 Å². The van der Waals surface area contributed by atoms with Crippen LogP contribution in [0.25, 0.3) is 0 Å². The monoisotopic (exact) mass is 190 g/mol. The normalized spacial score (nSPS) is 10.1. The van der Waals surface area contributed by atoms with E-state index in [0.29, 0.717) is 17.7 Å². The summed E-state index contributed by atoms with van der Waals surface area (Å²) < 4.78 is 13.0. The molecule has 0 heterocycles. The lowest BCUT2D eigenvalue weighted by molar-refractivity contribution is 0.613. The fraction of sp³-hybridized carbons (Fsp3) is 0.250. The van der Waals surface area contributed by atoms with Crippen molar-refractivity contribution in [3.63, 3.8) is 0 Å². The van der Waals surface area contributed by atoms with Gasteiger partial charge in [0.15, 0.2) is 0 Å². The van der Waals surface area contributed by atoms with Crippen LogP contribution < -0.4 is 0 Å². The van der Waals surface area contributed by atoms with Gasteiger partial charge >= 0.3 is 0 Å². The van der Waals surface area contributed by atoms with E-state index in [0.717, 1.165) is 0 Å². The molecule has 0 radical (unpaired) electrons. The molecule has 1 rings (SSSR count). The Balaban J connectivity index is 2.96. The molecular formula is C8H8ClFS. The third-order valence-electron chi connectivity index (χ3n) is 1.41. The van der Waals surface area contributed by atoms with Crippen LogP contribution in [0.2, 0.25) is 5.02 Å². The van der Waals surface area contributed by atoms with Gasteiger partial charge in [-0.2, -0.15) is 12.6 Å². The maximum absolute atomic E-state index is 13.0. The smallest absolute Gasteiger partial charge is 0.144 e. The van der Waals surface area contributed by atoms with Gasteiger partial charge in [0.1, 0.15) is 5.82 Å². The third-order valence-corrected chi connectivity index (χ3v) is 1.93. The van der Waals surface area contributed by atoms with E-state index in [9.17, 15) is 4.39 Å². The Hall–Kier alpha value is -0.210. The van der Waals surface area contributed by atoms with Crippen molar-refractivity contribution in [2.45, 2.75) is 6.42 Å². The molecule has 0 nitrogen and oxygen atoms in total. The van der Waals surface area contributed by atoms with Crippen LogP contribution >= 0.6 is 24.2 Å². The Morgan fingerprint density at radius 3 is 2.82 bits per heavy atom. The van der Waals surface area contributed by atoms with Crippen LogP contribution in [0.15, 0.2) is 18.2 Å². The first-order chi connectivity index (χ1) is 5.25. The Kier molecular flexibility index (Phi) is 3.21. The number of benzene rings is 1. The average Bonchev–Trinajstić information content (AvgIpc) is 1.99. The van der Waals surface area contributed by atoms with Gasteiger partial charge in [-0.05, 0) is 23.8 Å². The summed E-state index contributed by atoms with van der Waals surface area (Å²) in [6, 6.07) is 5.00. The van der Waals surface area contributed by atoms with Crippen molar-refractivity contribution in [1.82, 2.24) is 0 Å². The van der Waals surface area contributed by atoms with Crippen molar-refractivity contribution in [3.8, 4) is 0 Å². The molecule has 1 aromatic carbocycles. The molecule has 0 aliphatic carbocycles. The van der Waals surface area contributed by atoms with Gasteiger partial charge in [-0.3, -0.25) is 0 Å². The zero-order chi connectivity index (χ0) is 8.27. The molecule has 0 saturated carbocycles. The van der Waals surface area contributed by atoms with Gasteiger partial charge in [0.25, 0.3) is 0 Å². The highest BCUT2D eigenvalue weighted by molar-refractivity contribution is 7.80. The second-order valence-electron chi connectivity index (χ2n) is 2.19. The lowest BCUT2D eigenvalue weighted by Crippen LogP contribution is -1.91. The minimum Gasteiger partial charge on any atom is -0.205 e. The highest BCUT2D eigenvalue weighted by atomic mass is 35.5. The van der Waals surface area contributed by atoms with Gasteiger partial charge in [0.2, 0.25) is 0 Å². The second-order valence-corrected chi connectivity index (χ2v) is 3.04. The summed E-state index contributed by atoms with van der Waals surface area (Å²) in [6.45, 7) is 0. The van der Waals surface area contributed by atoms with Gasteiger partial charge in [-0.25, -0.2) is 4.39 Å². The molecule has 60 valence electrons. The summed E-state index contributed by atoms with van der Waals surface area (Å²) in [6.07, 6.45) is 0.621. The van der Waals surface area contributed by atoms with Crippen LogP contribution in [-0.2, 0) is 6.42 Å². The molecule has 0 spiro atoms. The molecule has 0 amide bonds. The summed E-state index contributed by atoms with van der Waals surface area (Å²) in [4.78, 5) is 0. The van der Waals surface area contributed by atoms with Crippen molar-refractivity contribution in [3.05, 3.63) is 34.6 Å². The molecule has 11 heavy (non-hydrogen) atoms. The number of aryl methyl sites for hydroxylation is 1. The predicted octanol–water partition coefficient (Wildman–Crippen LogP) is 2.95. The predicted molar refractivity (Wildman–Crippen MR) is 49.0 cm³/mol. The van der Waals surface area contributed by atoms with Crippen molar-refractivity contribution in [2.75, 3.05) is 5.75 Å². The van der Waals surface area contributed by atoms with Crippen molar-refractivity contribution in [1.29, 1.82) is 0 Å². The zero-order valence-corrected chi connectivity index (χ0v) is 7.50. The first kappa shape index (κ1) is 8.88. The minimum absolute atomic E-state index is 0.185. The first-order valence-electron chi connectivity index (χ1n) is 3.29. The van der Waals surface area contributed by atoms with Crippen LogP contribution in [-0.4, -0.2) is 5.75 Å². The number of hydrogen-bond donors (Lipinski definition) is 1. The van der Waals surface area contributed by atoms with Crippen molar-refractivity contribution >= 4 is 24.2 Å². The van der Waals surface area contributed by atoms with Crippen LogP contribution in [0.1, 0.15) is 5.56 Å². The molecule has 0 fully saturated rings. The van der Waals surface area contributed by atoms with Gasteiger partial charge in [-0.15, -0.1) is 0 Å². The van der Waals surface area contributed by atoms with Gasteiger partial charge in [0, 0.05) is 0 Å². The summed E-state index contributed by atoms with van der Waals surface area (Å²) in [5.41, 5.74) is 0.632. The Labute approximate surface area is 75.8 Å². The summed E-state index contributed by atoms with van der Waals surface area (Å²) >= 11 is 9.55. The molecule has 0 aliphatic heterocycles. The topological polar surface area (TPSA) is 0 Å². The van der Waals surface area contributed by atoms with E-state index in [2.05, 4.69) is 12.6 Å². The maximum Gasteiger partial charge on any atom is 0.144 e. The molecule has 1 aromatic rings. The maximum atomic E-state index is 13.0. The number of hydrogen-bond acceptors (Lipinski definition) is 1. The van der Waals surface area contributed by atoms with Crippen LogP contribution in [0, 0.1) is 5.82 Å². The molecule has 0 unspecified atom stereocenters. The first-order valence-corrected chi connectivity index (χ1v) is 4.30. The van der Waals surface area contributed by atoms with E-state index in [1.54, 1.807) is 18.2 Å². The summed E-state index contributed by atoms with van der Waals surface area (Å²) in [5.74, 6) is 0.320. The van der Waals surface area contributed by atoms with Gasteiger partial charge < -0.3 is 0 Å². The standard InChI is InChI=1S/C8H8ClFS/c9-7-3-1-2-6(4-5-11)8(7)10/h1-3,11H,4-5H2. The minimum atomic E-state index is -0.316. The third kappa shape index (κ3) is 2.11. The molecule has 0 N–H and O–H groups in total. The SMILES string of the molecule is Fc1c(Cl)cccc1CCS. The van der Waals surface area contributed by atoms with E-state index < -0.39 is 0 Å². The molecule has 3 heteroatoms. The van der Waals surface area contributed by atoms with Gasteiger partial charge in [0.05, 0.1) is 5.02 Å². The molecule has 0 bridgehead atoms. The van der Waals surface area contributed by atoms with Crippen molar-refractivity contribution < 1.29 is 4.39 Å². The van der Waals surface area contributed by atoms with Crippen molar-refractivity contribution in [2.24, 2.45) is 0 Å². The van der Waals surface area contributed by atoms with E-state index >= 15 is 0 Å². The fourth-order valence-electron chi connectivity index (χ4n) is 0.862. The molecule has 0 aliphatic rings. The quantitative estimate of drug-likeness (QED) is 0.682. The lowest BCUT2D eigenvalue weighted by atomic mass is 10.1. The lowest BCUT2D eigenvalue weighted by Gasteiger charge is -2.00. The summed E-state index contributed by atoms with van der Waals surface area (Å²) in [5, 5.41) is 0.185. The highest BCUT2D eigenvalue weighted by Crippen LogP contribution is 2.18. The van der Waals surface area contributed by atoms with Crippen LogP contribution in [0.5, 0.6) is 0 Å².